The first-order valence-electron chi connectivity index (χ1n) is 11.8. The molecule has 2 amide bonds. The Bertz CT molecular complexity index is 1160. The van der Waals surface area contributed by atoms with Crippen LogP contribution in [-0.2, 0) is 16.0 Å². The molecule has 0 aliphatic carbocycles. The van der Waals surface area contributed by atoms with Crippen LogP contribution in [0.25, 0.3) is 11.4 Å². The molecule has 9 heteroatoms. The molecule has 35 heavy (non-hydrogen) atoms. The highest BCUT2D eigenvalue weighted by Crippen LogP contribution is 2.27. The molecule has 1 aromatic carbocycles. The Labute approximate surface area is 208 Å². The van der Waals surface area contributed by atoms with Crippen molar-refractivity contribution in [3.8, 4) is 11.4 Å². The Morgan fingerprint density at radius 3 is 2.54 bits per heavy atom. The van der Waals surface area contributed by atoms with E-state index < -0.39 is 0 Å². The SMILES string of the molecule is O=C(CSc1nccc(-c2ccccn2)n1)N1CCC(N2C(=O)OCC2Cc2ccccc2)CC1. The van der Waals surface area contributed by atoms with Crippen molar-refractivity contribution >= 4 is 23.8 Å². The van der Waals surface area contributed by atoms with Gasteiger partial charge in [0.2, 0.25) is 5.91 Å². The quantitative estimate of drug-likeness (QED) is 0.369. The number of nitrogens with zero attached hydrogens (tertiary/aromatic N) is 5. The first-order chi connectivity index (χ1) is 17.2. The summed E-state index contributed by atoms with van der Waals surface area (Å²) in [5.74, 6) is 0.337. The third-order valence-electron chi connectivity index (χ3n) is 6.41. The van der Waals surface area contributed by atoms with E-state index in [4.69, 9.17) is 4.74 Å². The fourth-order valence-electron chi connectivity index (χ4n) is 4.64. The third kappa shape index (κ3) is 5.62. The highest BCUT2D eigenvalue weighted by Gasteiger charge is 2.39. The highest BCUT2D eigenvalue weighted by molar-refractivity contribution is 7.99. The van der Waals surface area contributed by atoms with E-state index in [2.05, 4.69) is 27.1 Å². The van der Waals surface area contributed by atoms with Gasteiger partial charge in [-0.1, -0.05) is 48.2 Å². The molecule has 0 bridgehead atoms. The van der Waals surface area contributed by atoms with Gasteiger partial charge in [0.15, 0.2) is 5.16 Å². The predicted octanol–water partition coefficient (Wildman–Crippen LogP) is 3.69. The van der Waals surface area contributed by atoms with Gasteiger partial charge in [0.25, 0.3) is 0 Å². The molecule has 0 N–H and O–H groups in total. The highest BCUT2D eigenvalue weighted by atomic mass is 32.2. The Balaban J connectivity index is 1.13. The maximum Gasteiger partial charge on any atom is 0.410 e. The average Bonchev–Trinajstić information content (AvgIpc) is 3.28. The number of aromatic nitrogens is 3. The molecule has 5 rings (SSSR count). The molecule has 0 saturated carbocycles. The van der Waals surface area contributed by atoms with Gasteiger partial charge >= 0.3 is 6.09 Å². The molecule has 2 aliphatic heterocycles. The van der Waals surface area contributed by atoms with E-state index in [-0.39, 0.29) is 29.8 Å². The summed E-state index contributed by atoms with van der Waals surface area (Å²) in [6.07, 6.45) is 5.46. The number of likely N-dealkylation sites (tertiary alicyclic amines) is 1. The van der Waals surface area contributed by atoms with Crippen LogP contribution in [0.1, 0.15) is 18.4 Å². The summed E-state index contributed by atoms with van der Waals surface area (Å²) >= 11 is 1.33. The number of cyclic esters (lactones) is 1. The minimum Gasteiger partial charge on any atom is -0.447 e. The lowest BCUT2D eigenvalue weighted by atomic mass is 9.99. The number of amides is 2. The summed E-state index contributed by atoms with van der Waals surface area (Å²) in [4.78, 5) is 42.3. The van der Waals surface area contributed by atoms with Crippen molar-refractivity contribution in [2.24, 2.45) is 0 Å². The number of thioether (sulfide) groups is 1. The fraction of sp³-hybridized carbons (Fsp3) is 0.346. The molecule has 0 radical (unpaired) electrons. The van der Waals surface area contributed by atoms with Gasteiger partial charge in [0.05, 0.1) is 23.2 Å². The smallest absolute Gasteiger partial charge is 0.410 e. The number of piperidine rings is 1. The average molecular weight is 490 g/mol. The van der Waals surface area contributed by atoms with Crippen LogP contribution >= 0.6 is 11.8 Å². The van der Waals surface area contributed by atoms with Crippen LogP contribution < -0.4 is 0 Å². The van der Waals surface area contributed by atoms with Gasteiger partial charge in [0, 0.05) is 31.5 Å². The van der Waals surface area contributed by atoms with Gasteiger partial charge in [-0.2, -0.15) is 0 Å². The topological polar surface area (TPSA) is 88.5 Å². The summed E-state index contributed by atoms with van der Waals surface area (Å²) in [7, 11) is 0. The second kappa shape index (κ2) is 10.9. The van der Waals surface area contributed by atoms with Crippen molar-refractivity contribution in [1.82, 2.24) is 24.8 Å². The van der Waals surface area contributed by atoms with E-state index in [0.29, 0.717) is 24.9 Å². The summed E-state index contributed by atoms with van der Waals surface area (Å²) < 4.78 is 5.39. The third-order valence-corrected chi connectivity index (χ3v) is 7.26. The van der Waals surface area contributed by atoms with Crippen LogP contribution in [0.4, 0.5) is 4.79 Å². The minimum absolute atomic E-state index is 0.0382. The maximum absolute atomic E-state index is 12.9. The lowest BCUT2D eigenvalue weighted by molar-refractivity contribution is -0.129. The number of carbonyl (C=O) groups is 2. The van der Waals surface area contributed by atoms with Crippen molar-refractivity contribution in [3.63, 3.8) is 0 Å². The first kappa shape index (κ1) is 23.3. The molecule has 1 unspecified atom stereocenters. The zero-order valence-corrected chi connectivity index (χ0v) is 20.1. The van der Waals surface area contributed by atoms with Crippen LogP contribution in [0, 0.1) is 0 Å². The maximum atomic E-state index is 12.9. The second-order valence-electron chi connectivity index (χ2n) is 8.67. The monoisotopic (exact) mass is 489 g/mol. The predicted molar refractivity (Wildman–Crippen MR) is 133 cm³/mol. The first-order valence-corrected chi connectivity index (χ1v) is 12.8. The van der Waals surface area contributed by atoms with E-state index in [1.54, 1.807) is 12.4 Å². The van der Waals surface area contributed by atoms with Crippen molar-refractivity contribution in [1.29, 1.82) is 0 Å². The molecule has 4 heterocycles. The Morgan fingerprint density at radius 1 is 0.971 bits per heavy atom. The second-order valence-corrected chi connectivity index (χ2v) is 9.61. The number of hydrogen-bond acceptors (Lipinski definition) is 7. The van der Waals surface area contributed by atoms with E-state index in [9.17, 15) is 9.59 Å². The number of benzene rings is 1. The largest absolute Gasteiger partial charge is 0.447 e. The molecule has 180 valence electrons. The molecule has 2 aromatic heterocycles. The normalized spacial score (nSPS) is 18.5. The molecule has 2 fully saturated rings. The van der Waals surface area contributed by atoms with E-state index in [1.165, 1.54) is 17.3 Å². The molecule has 8 nitrogen and oxygen atoms in total. The van der Waals surface area contributed by atoms with Crippen LogP contribution in [0.3, 0.4) is 0 Å². The number of hydrogen-bond donors (Lipinski definition) is 0. The Kier molecular flexibility index (Phi) is 7.23. The molecule has 1 atom stereocenters. The minimum atomic E-state index is -0.240. The van der Waals surface area contributed by atoms with Gasteiger partial charge in [-0.05, 0) is 43.0 Å². The van der Waals surface area contributed by atoms with Gasteiger partial charge < -0.3 is 9.64 Å². The van der Waals surface area contributed by atoms with Crippen LogP contribution in [-0.4, -0.2) is 74.3 Å². The molecular weight excluding hydrogens is 462 g/mol. The molecular formula is C26H27N5O3S. The van der Waals surface area contributed by atoms with Crippen LogP contribution in [0.15, 0.2) is 72.1 Å². The van der Waals surface area contributed by atoms with Crippen molar-refractivity contribution in [2.75, 3.05) is 25.4 Å². The zero-order valence-electron chi connectivity index (χ0n) is 19.3. The van der Waals surface area contributed by atoms with E-state index >= 15 is 0 Å². The summed E-state index contributed by atoms with van der Waals surface area (Å²) in [5.41, 5.74) is 2.70. The van der Waals surface area contributed by atoms with Crippen molar-refractivity contribution < 1.29 is 14.3 Å². The van der Waals surface area contributed by atoms with Crippen molar-refractivity contribution in [3.05, 3.63) is 72.6 Å². The Hall–Kier alpha value is -3.46. The van der Waals surface area contributed by atoms with Gasteiger partial charge in [-0.25, -0.2) is 14.8 Å². The van der Waals surface area contributed by atoms with E-state index in [1.807, 2.05) is 52.3 Å². The van der Waals surface area contributed by atoms with Crippen LogP contribution in [0.5, 0.6) is 0 Å². The van der Waals surface area contributed by atoms with Crippen LogP contribution in [0.2, 0.25) is 0 Å². The standard InChI is InChI=1S/C26H27N5O3S/c32-24(18-35-25-28-13-9-23(29-25)22-8-4-5-12-27-22)30-14-10-20(11-15-30)31-21(17-34-26(31)33)16-19-6-2-1-3-7-19/h1-9,12-13,20-21H,10-11,14-18H2. The summed E-state index contributed by atoms with van der Waals surface area (Å²) in [5, 5.41) is 0.556. The molecule has 2 saturated heterocycles. The van der Waals surface area contributed by atoms with E-state index in [0.717, 1.165) is 30.7 Å². The van der Waals surface area contributed by atoms with Crippen molar-refractivity contribution in [2.45, 2.75) is 36.5 Å². The molecule has 0 spiro atoms. The Morgan fingerprint density at radius 2 is 1.77 bits per heavy atom. The van der Waals surface area contributed by atoms with Gasteiger partial charge in [0.1, 0.15) is 6.61 Å². The summed E-state index contributed by atoms with van der Waals surface area (Å²) in [6.45, 7) is 1.67. The number of ether oxygens (including phenoxy) is 1. The fourth-order valence-corrected chi connectivity index (χ4v) is 5.37. The lowest BCUT2D eigenvalue weighted by Gasteiger charge is -2.37. The number of pyridine rings is 1. The number of rotatable bonds is 7. The van der Waals surface area contributed by atoms with Gasteiger partial charge in [-0.3, -0.25) is 14.7 Å². The van der Waals surface area contributed by atoms with Gasteiger partial charge in [-0.15, -0.1) is 0 Å². The number of carbonyl (C=O) groups excluding carboxylic acids is 2. The zero-order chi connectivity index (χ0) is 24.0. The molecule has 2 aliphatic rings. The molecule has 3 aromatic rings. The summed E-state index contributed by atoms with van der Waals surface area (Å²) in [6, 6.07) is 17.8. The lowest BCUT2D eigenvalue weighted by Crippen LogP contribution is -2.50.